The summed E-state index contributed by atoms with van der Waals surface area (Å²) in [5, 5.41) is 3.02. The van der Waals surface area contributed by atoms with Crippen LogP contribution in [0.15, 0.2) is 0 Å². The van der Waals surface area contributed by atoms with Crippen molar-refractivity contribution in [2.75, 3.05) is 6.54 Å². The van der Waals surface area contributed by atoms with Crippen LogP contribution in [0.4, 0.5) is 0 Å². The van der Waals surface area contributed by atoms with Gasteiger partial charge in [-0.2, -0.15) is 0 Å². The van der Waals surface area contributed by atoms with Crippen molar-refractivity contribution < 1.29 is 9.59 Å². The number of nitrogens with zero attached hydrogens (tertiary/aromatic N) is 1. The van der Waals surface area contributed by atoms with Gasteiger partial charge in [-0.05, 0) is 19.3 Å². The maximum atomic E-state index is 12.0. The molecule has 112 valence electrons. The Morgan fingerprint density at radius 1 is 1.40 bits per heavy atom. The second-order valence-corrected chi connectivity index (χ2v) is 7.26. The lowest BCUT2D eigenvalue weighted by molar-refractivity contribution is -0.127. The first-order chi connectivity index (χ1) is 9.61. The minimum atomic E-state index is -0.0519. The van der Waals surface area contributed by atoms with Crippen molar-refractivity contribution in [3.05, 3.63) is 0 Å². The van der Waals surface area contributed by atoms with Crippen molar-refractivity contribution in [1.82, 2.24) is 10.2 Å². The van der Waals surface area contributed by atoms with Gasteiger partial charge in [0.2, 0.25) is 11.8 Å². The number of rotatable bonds is 5. The number of hydrogen-bond acceptors (Lipinski definition) is 4. The Balaban J connectivity index is 1.75. The average Bonchev–Trinajstić information content (AvgIpc) is 2.72. The zero-order valence-corrected chi connectivity index (χ0v) is 13.5. The molecule has 0 spiro atoms. The number of thioether (sulfide) groups is 1. The van der Waals surface area contributed by atoms with Crippen molar-refractivity contribution in [3.8, 4) is 0 Å². The molecule has 0 aromatic rings. The number of amides is 2. The summed E-state index contributed by atoms with van der Waals surface area (Å²) in [5.74, 6) is 0.102. The Hall–Kier alpha value is -0.620. The molecule has 20 heavy (non-hydrogen) atoms. The average molecular weight is 314 g/mol. The third-order valence-electron chi connectivity index (χ3n) is 3.91. The van der Waals surface area contributed by atoms with Crippen molar-refractivity contribution in [2.24, 2.45) is 0 Å². The van der Waals surface area contributed by atoms with Crippen LogP contribution in [0.3, 0.4) is 0 Å². The Labute approximate surface area is 130 Å². The molecule has 0 bridgehead atoms. The van der Waals surface area contributed by atoms with Crippen molar-refractivity contribution in [2.45, 2.75) is 63.2 Å². The van der Waals surface area contributed by atoms with Crippen LogP contribution in [0, 0.1) is 0 Å². The van der Waals surface area contributed by atoms with E-state index in [4.69, 9.17) is 12.2 Å². The van der Waals surface area contributed by atoms with E-state index in [-0.39, 0.29) is 17.1 Å². The molecule has 2 amide bonds. The van der Waals surface area contributed by atoms with Crippen LogP contribution in [0.25, 0.3) is 0 Å². The lowest BCUT2D eigenvalue weighted by Crippen LogP contribution is -2.39. The maximum absolute atomic E-state index is 12.0. The molecule has 2 rings (SSSR count). The summed E-state index contributed by atoms with van der Waals surface area (Å²) in [5.41, 5.74) is 0. The van der Waals surface area contributed by atoms with Crippen LogP contribution >= 0.6 is 24.0 Å². The van der Waals surface area contributed by atoms with Crippen LogP contribution in [0.2, 0.25) is 0 Å². The number of carbonyl (C=O) groups excluding carboxylic acids is 2. The highest BCUT2D eigenvalue weighted by Crippen LogP contribution is 2.29. The van der Waals surface area contributed by atoms with Gasteiger partial charge < -0.3 is 5.32 Å². The molecule has 1 saturated carbocycles. The van der Waals surface area contributed by atoms with E-state index in [9.17, 15) is 9.59 Å². The van der Waals surface area contributed by atoms with Gasteiger partial charge in [0.15, 0.2) is 0 Å². The Kier molecular flexibility index (Phi) is 5.84. The number of carbonyl (C=O) groups is 2. The van der Waals surface area contributed by atoms with E-state index in [1.165, 1.54) is 31.0 Å². The van der Waals surface area contributed by atoms with E-state index in [2.05, 4.69) is 5.32 Å². The van der Waals surface area contributed by atoms with Gasteiger partial charge in [0.05, 0.1) is 5.25 Å². The molecule has 1 heterocycles. The second kappa shape index (κ2) is 7.41. The third-order valence-corrected chi connectivity index (χ3v) is 5.66. The van der Waals surface area contributed by atoms with Crippen LogP contribution < -0.4 is 5.32 Å². The monoisotopic (exact) mass is 314 g/mol. The number of hydrogen-bond donors (Lipinski definition) is 1. The largest absolute Gasteiger partial charge is 0.353 e. The molecule has 4 nitrogen and oxygen atoms in total. The fraction of sp³-hybridized carbons (Fsp3) is 0.786. The van der Waals surface area contributed by atoms with Crippen LogP contribution in [-0.4, -0.2) is 38.9 Å². The van der Waals surface area contributed by atoms with Crippen molar-refractivity contribution in [1.29, 1.82) is 0 Å². The summed E-state index contributed by atoms with van der Waals surface area (Å²) < 4.78 is 0.618. The van der Waals surface area contributed by atoms with E-state index < -0.39 is 0 Å². The minimum absolute atomic E-state index is 0.0393. The smallest absolute Gasteiger partial charge is 0.241 e. The standard InChI is InChI=1S/C14H22N2O2S2/c1-2-11-13(18)16(14(19)20-11)9-8-12(17)15-10-6-4-3-5-7-10/h10-11H,2-9H2,1H3,(H,15,17). The fourth-order valence-electron chi connectivity index (χ4n) is 2.72. The van der Waals surface area contributed by atoms with E-state index in [0.717, 1.165) is 19.3 Å². The van der Waals surface area contributed by atoms with Gasteiger partial charge in [0.1, 0.15) is 4.32 Å². The van der Waals surface area contributed by atoms with Gasteiger partial charge in [-0.3, -0.25) is 14.5 Å². The Morgan fingerprint density at radius 2 is 2.10 bits per heavy atom. The molecule has 1 atom stereocenters. The molecule has 0 radical (unpaired) electrons. The second-order valence-electron chi connectivity index (χ2n) is 5.42. The normalized spacial score (nSPS) is 24.2. The SMILES string of the molecule is CCC1SC(=S)N(CCC(=O)NC2CCCCC2)C1=O. The highest BCUT2D eigenvalue weighted by molar-refractivity contribution is 8.24. The number of thiocarbonyl (C=S) groups is 1. The zero-order chi connectivity index (χ0) is 14.5. The van der Waals surface area contributed by atoms with Crippen LogP contribution in [-0.2, 0) is 9.59 Å². The zero-order valence-electron chi connectivity index (χ0n) is 11.9. The highest BCUT2D eigenvalue weighted by atomic mass is 32.2. The van der Waals surface area contributed by atoms with Gasteiger partial charge >= 0.3 is 0 Å². The summed E-state index contributed by atoms with van der Waals surface area (Å²) in [4.78, 5) is 25.6. The molecule has 0 aromatic heterocycles. The summed E-state index contributed by atoms with van der Waals surface area (Å²) in [7, 11) is 0. The predicted molar refractivity (Wildman–Crippen MR) is 85.6 cm³/mol. The van der Waals surface area contributed by atoms with Crippen molar-refractivity contribution in [3.63, 3.8) is 0 Å². The van der Waals surface area contributed by atoms with Gasteiger partial charge in [-0.1, -0.05) is 50.2 Å². The van der Waals surface area contributed by atoms with Crippen LogP contribution in [0.5, 0.6) is 0 Å². The fourth-order valence-corrected chi connectivity index (χ4v) is 4.20. The summed E-state index contributed by atoms with van der Waals surface area (Å²) in [6.07, 6.45) is 6.98. The molecule has 6 heteroatoms. The first-order valence-corrected chi connectivity index (χ1v) is 8.72. The first-order valence-electron chi connectivity index (χ1n) is 7.43. The predicted octanol–water partition coefficient (Wildman–Crippen LogP) is 2.46. The van der Waals surface area contributed by atoms with E-state index in [1.807, 2.05) is 6.92 Å². The molecular weight excluding hydrogens is 292 g/mol. The number of nitrogens with one attached hydrogen (secondary N) is 1. The Bertz CT molecular complexity index is 395. The molecule has 1 unspecified atom stereocenters. The molecule has 1 N–H and O–H groups in total. The molecule has 1 aliphatic carbocycles. The molecule has 1 aliphatic heterocycles. The highest BCUT2D eigenvalue weighted by Gasteiger charge is 2.35. The summed E-state index contributed by atoms with van der Waals surface area (Å²) in [6.45, 7) is 2.40. The van der Waals surface area contributed by atoms with Gasteiger partial charge in [0.25, 0.3) is 0 Å². The molecule has 0 aromatic carbocycles. The van der Waals surface area contributed by atoms with Gasteiger partial charge in [-0.25, -0.2) is 0 Å². The lowest BCUT2D eigenvalue weighted by Gasteiger charge is -2.23. The maximum Gasteiger partial charge on any atom is 0.241 e. The quantitative estimate of drug-likeness (QED) is 0.792. The Morgan fingerprint density at radius 3 is 2.70 bits per heavy atom. The van der Waals surface area contributed by atoms with E-state index in [0.29, 0.717) is 23.3 Å². The molecule has 2 fully saturated rings. The first kappa shape index (κ1) is 15.8. The summed E-state index contributed by atoms with van der Waals surface area (Å²) >= 11 is 6.66. The summed E-state index contributed by atoms with van der Waals surface area (Å²) in [6, 6.07) is 0.329. The molecule has 1 saturated heterocycles. The van der Waals surface area contributed by atoms with E-state index in [1.54, 1.807) is 4.90 Å². The van der Waals surface area contributed by atoms with Gasteiger partial charge in [-0.15, -0.1) is 0 Å². The topological polar surface area (TPSA) is 49.4 Å². The van der Waals surface area contributed by atoms with Crippen LogP contribution in [0.1, 0.15) is 51.9 Å². The van der Waals surface area contributed by atoms with Gasteiger partial charge in [0, 0.05) is 19.0 Å². The van der Waals surface area contributed by atoms with E-state index >= 15 is 0 Å². The molecule has 2 aliphatic rings. The third kappa shape index (κ3) is 3.95. The molecular formula is C14H22N2O2S2. The lowest BCUT2D eigenvalue weighted by atomic mass is 9.95. The van der Waals surface area contributed by atoms with Crippen molar-refractivity contribution >= 4 is 40.1 Å². The minimum Gasteiger partial charge on any atom is -0.353 e.